The van der Waals surface area contributed by atoms with Crippen LogP contribution in [0.4, 0.5) is 0 Å². The third-order valence-electron chi connectivity index (χ3n) is 3.13. The zero-order chi connectivity index (χ0) is 10.7. The molecular weight excluding hydrogens is 192 g/mol. The van der Waals surface area contributed by atoms with Crippen LogP contribution in [0.5, 0.6) is 0 Å². The average Bonchev–Trinajstić information content (AvgIpc) is 2.88. The van der Waals surface area contributed by atoms with Crippen LogP contribution in [0.15, 0.2) is 6.33 Å². The molecule has 84 valence electrons. The number of nitrogens with zero attached hydrogens (tertiary/aromatic N) is 3. The lowest BCUT2D eigenvalue weighted by atomic mass is 9.94. The van der Waals surface area contributed by atoms with Crippen molar-refractivity contribution in [3.05, 3.63) is 12.2 Å². The fourth-order valence-electron chi connectivity index (χ4n) is 2.20. The predicted octanol–water partition coefficient (Wildman–Crippen LogP) is -0.0450. The maximum Gasteiger partial charge on any atom is 0.138 e. The molecule has 0 spiro atoms. The molecule has 1 aromatic rings. The van der Waals surface area contributed by atoms with Gasteiger partial charge in [-0.2, -0.15) is 5.10 Å². The van der Waals surface area contributed by atoms with E-state index in [1.807, 2.05) is 11.6 Å². The van der Waals surface area contributed by atoms with E-state index in [1.165, 1.54) is 0 Å². The van der Waals surface area contributed by atoms with Crippen LogP contribution >= 0.6 is 0 Å². The summed E-state index contributed by atoms with van der Waals surface area (Å²) in [5.41, 5.74) is -0.167. The SMILES string of the molecule is CCn1ncnc1CC1(CO)CCCN1. The number of aliphatic hydroxyl groups is 1. The second-order valence-corrected chi connectivity index (χ2v) is 4.14. The van der Waals surface area contributed by atoms with Gasteiger partial charge in [0, 0.05) is 18.5 Å². The zero-order valence-corrected chi connectivity index (χ0v) is 9.11. The highest BCUT2D eigenvalue weighted by molar-refractivity contribution is 5.01. The lowest BCUT2D eigenvalue weighted by Crippen LogP contribution is -2.46. The highest BCUT2D eigenvalue weighted by atomic mass is 16.3. The van der Waals surface area contributed by atoms with E-state index in [4.69, 9.17) is 0 Å². The van der Waals surface area contributed by atoms with Gasteiger partial charge < -0.3 is 10.4 Å². The maximum absolute atomic E-state index is 9.46. The van der Waals surface area contributed by atoms with Crippen molar-refractivity contribution in [3.8, 4) is 0 Å². The van der Waals surface area contributed by atoms with E-state index in [0.29, 0.717) is 0 Å². The molecular formula is C10H18N4O. The van der Waals surface area contributed by atoms with Crippen molar-refractivity contribution in [2.24, 2.45) is 0 Å². The molecule has 1 aromatic heterocycles. The Hall–Kier alpha value is -0.940. The quantitative estimate of drug-likeness (QED) is 0.731. The van der Waals surface area contributed by atoms with Crippen molar-refractivity contribution in [2.75, 3.05) is 13.2 Å². The van der Waals surface area contributed by atoms with E-state index in [1.54, 1.807) is 6.33 Å². The molecule has 0 aromatic carbocycles. The van der Waals surface area contributed by atoms with Gasteiger partial charge in [-0.15, -0.1) is 0 Å². The molecule has 1 saturated heterocycles. The Morgan fingerprint density at radius 3 is 3.13 bits per heavy atom. The number of rotatable bonds is 4. The summed E-state index contributed by atoms with van der Waals surface area (Å²) in [4.78, 5) is 4.24. The minimum Gasteiger partial charge on any atom is -0.394 e. The van der Waals surface area contributed by atoms with Crippen LogP contribution in [0.25, 0.3) is 0 Å². The molecule has 0 amide bonds. The third-order valence-corrected chi connectivity index (χ3v) is 3.13. The van der Waals surface area contributed by atoms with Gasteiger partial charge in [0.2, 0.25) is 0 Å². The van der Waals surface area contributed by atoms with Crippen molar-refractivity contribution in [2.45, 2.75) is 38.3 Å². The highest BCUT2D eigenvalue weighted by Gasteiger charge is 2.34. The molecule has 1 atom stereocenters. The summed E-state index contributed by atoms with van der Waals surface area (Å²) in [5.74, 6) is 0.959. The second kappa shape index (κ2) is 4.28. The molecule has 1 aliphatic heterocycles. The first-order chi connectivity index (χ1) is 7.29. The van der Waals surface area contributed by atoms with E-state index in [9.17, 15) is 5.11 Å². The van der Waals surface area contributed by atoms with Crippen LogP contribution in [0.3, 0.4) is 0 Å². The summed E-state index contributed by atoms with van der Waals surface area (Å²) in [6.07, 6.45) is 4.48. The topological polar surface area (TPSA) is 63.0 Å². The summed E-state index contributed by atoms with van der Waals surface area (Å²) in [5, 5.41) is 17.0. The molecule has 5 nitrogen and oxygen atoms in total. The van der Waals surface area contributed by atoms with Crippen LogP contribution in [0.2, 0.25) is 0 Å². The monoisotopic (exact) mass is 210 g/mol. The van der Waals surface area contributed by atoms with Crippen LogP contribution in [0, 0.1) is 0 Å². The minimum atomic E-state index is -0.167. The number of aliphatic hydroxyl groups excluding tert-OH is 1. The maximum atomic E-state index is 9.46. The largest absolute Gasteiger partial charge is 0.394 e. The van der Waals surface area contributed by atoms with Crippen LogP contribution in [0.1, 0.15) is 25.6 Å². The van der Waals surface area contributed by atoms with Gasteiger partial charge in [-0.3, -0.25) is 4.68 Å². The predicted molar refractivity (Wildman–Crippen MR) is 56.5 cm³/mol. The van der Waals surface area contributed by atoms with Gasteiger partial charge in [0.1, 0.15) is 12.2 Å². The lowest BCUT2D eigenvalue weighted by Gasteiger charge is -2.26. The summed E-state index contributed by atoms with van der Waals surface area (Å²) < 4.78 is 1.89. The minimum absolute atomic E-state index is 0.167. The molecule has 0 aliphatic carbocycles. The number of nitrogens with one attached hydrogen (secondary N) is 1. The zero-order valence-electron chi connectivity index (χ0n) is 9.11. The summed E-state index contributed by atoms with van der Waals surface area (Å²) >= 11 is 0. The molecule has 0 saturated carbocycles. The number of hydrogen-bond donors (Lipinski definition) is 2. The van der Waals surface area contributed by atoms with Crippen molar-refractivity contribution in [1.29, 1.82) is 0 Å². The molecule has 2 rings (SSSR count). The average molecular weight is 210 g/mol. The van der Waals surface area contributed by atoms with Crippen molar-refractivity contribution < 1.29 is 5.11 Å². The Balaban J connectivity index is 2.12. The fraction of sp³-hybridized carbons (Fsp3) is 0.800. The van der Waals surface area contributed by atoms with Gasteiger partial charge >= 0.3 is 0 Å². The highest BCUT2D eigenvalue weighted by Crippen LogP contribution is 2.22. The van der Waals surface area contributed by atoms with E-state index < -0.39 is 0 Å². The molecule has 1 fully saturated rings. The smallest absolute Gasteiger partial charge is 0.138 e. The van der Waals surface area contributed by atoms with Gasteiger partial charge in [0.05, 0.1) is 6.61 Å². The fourth-order valence-corrected chi connectivity index (χ4v) is 2.20. The van der Waals surface area contributed by atoms with Crippen LogP contribution in [-0.2, 0) is 13.0 Å². The molecule has 2 heterocycles. The van der Waals surface area contributed by atoms with Gasteiger partial charge in [0.15, 0.2) is 0 Å². The van der Waals surface area contributed by atoms with E-state index in [-0.39, 0.29) is 12.1 Å². The van der Waals surface area contributed by atoms with E-state index in [0.717, 1.165) is 38.2 Å². The summed E-state index contributed by atoms with van der Waals surface area (Å²) in [6, 6.07) is 0. The molecule has 0 bridgehead atoms. The van der Waals surface area contributed by atoms with Gasteiger partial charge in [-0.05, 0) is 26.3 Å². The Labute approximate surface area is 89.5 Å². The first kappa shape index (κ1) is 10.6. The van der Waals surface area contributed by atoms with E-state index in [2.05, 4.69) is 15.4 Å². The first-order valence-electron chi connectivity index (χ1n) is 5.52. The van der Waals surface area contributed by atoms with Crippen molar-refractivity contribution >= 4 is 0 Å². The Morgan fingerprint density at radius 2 is 2.53 bits per heavy atom. The third kappa shape index (κ3) is 2.03. The molecule has 2 N–H and O–H groups in total. The van der Waals surface area contributed by atoms with E-state index >= 15 is 0 Å². The van der Waals surface area contributed by atoms with Gasteiger partial charge in [-0.1, -0.05) is 0 Å². The standard InChI is InChI=1S/C10H18N4O/c1-2-14-9(11-8-13-14)6-10(7-15)4-3-5-12-10/h8,12,15H,2-7H2,1H3. The summed E-state index contributed by atoms with van der Waals surface area (Å²) in [7, 11) is 0. The lowest BCUT2D eigenvalue weighted by molar-refractivity contribution is 0.174. The van der Waals surface area contributed by atoms with Crippen LogP contribution < -0.4 is 5.32 Å². The number of aromatic nitrogens is 3. The van der Waals surface area contributed by atoms with Gasteiger partial charge in [-0.25, -0.2) is 4.98 Å². The Kier molecular flexibility index (Phi) is 3.02. The molecule has 1 aliphatic rings. The van der Waals surface area contributed by atoms with Crippen LogP contribution in [-0.4, -0.2) is 38.6 Å². The molecule has 15 heavy (non-hydrogen) atoms. The van der Waals surface area contributed by atoms with Gasteiger partial charge in [0.25, 0.3) is 0 Å². The normalized spacial score (nSPS) is 26.0. The Bertz CT molecular complexity index is 317. The number of aryl methyl sites for hydroxylation is 1. The van der Waals surface area contributed by atoms with Crippen molar-refractivity contribution in [3.63, 3.8) is 0 Å². The summed E-state index contributed by atoms with van der Waals surface area (Å²) in [6.45, 7) is 4.03. The molecule has 1 unspecified atom stereocenters. The first-order valence-corrected chi connectivity index (χ1v) is 5.52. The molecule has 5 heteroatoms. The molecule has 0 radical (unpaired) electrons. The number of hydrogen-bond acceptors (Lipinski definition) is 4. The Morgan fingerprint density at radius 1 is 1.67 bits per heavy atom. The second-order valence-electron chi connectivity index (χ2n) is 4.14. The van der Waals surface area contributed by atoms with Crippen molar-refractivity contribution in [1.82, 2.24) is 20.1 Å².